The van der Waals surface area contributed by atoms with E-state index in [-0.39, 0.29) is 0 Å². The molecule has 0 aliphatic rings. The van der Waals surface area contributed by atoms with Crippen LogP contribution in [0.3, 0.4) is 0 Å². The van der Waals surface area contributed by atoms with Crippen molar-refractivity contribution >= 4 is 28.0 Å². The maximum absolute atomic E-state index is 10.6. The van der Waals surface area contributed by atoms with Crippen molar-refractivity contribution in [2.75, 3.05) is 0 Å². The molecule has 0 heterocycles. The average molecular weight is 347 g/mol. The predicted molar refractivity (Wildman–Crippen MR) is 86.8 cm³/mol. The summed E-state index contributed by atoms with van der Waals surface area (Å²) in [6.07, 6.45) is 2.65. The van der Waals surface area contributed by atoms with E-state index in [0.29, 0.717) is 5.75 Å². The highest BCUT2D eigenvalue weighted by Gasteiger charge is 2.06. The minimum absolute atomic E-state index is 0.712. The van der Waals surface area contributed by atoms with Gasteiger partial charge >= 0.3 is 5.97 Å². The number of carboxylic acid groups (broad SMARTS) is 1. The van der Waals surface area contributed by atoms with Crippen LogP contribution in [0.5, 0.6) is 11.5 Å². The van der Waals surface area contributed by atoms with Gasteiger partial charge in [-0.15, -0.1) is 0 Å². The van der Waals surface area contributed by atoms with Crippen molar-refractivity contribution in [3.8, 4) is 11.5 Å². The van der Waals surface area contributed by atoms with Crippen molar-refractivity contribution in [1.82, 2.24) is 0 Å². The number of ether oxygens (including phenoxy) is 1. The molecule has 4 heteroatoms. The Hall–Kier alpha value is -2.07. The summed E-state index contributed by atoms with van der Waals surface area (Å²) in [5.74, 6) is 0.511. The van der Waals surface area contributed by atoms with Crippen LogP contribution >= 0.6 is 15.9 Å². The van der Waals surface area contributed by atoms with Crippen LogP contribution in [0.4, 0.5) is 0 Å². The lowest BCUT2D eigenvalue weighted by Crippen LogP contribution is -1.91. The first-order valence-corrected chi connectivity index (χ1v) is 7.20. The number of rotatable bonds is 4. The van der Waals surface area contributed by atoms with Crippen LogP contribution in [0.1, 0.15) is 16.7 Å². The van der Waals surface area contributed by atoms with Gasteiger partial charge in [-0.05, 0) is 54.8 Å². The van der Waals surface area contributed by atoms with Crippen molar-refractivity contribution in [2.45, 2.75) is 13.8 Å². The second kappa shape index (κ2) is 6.59. The van der Waals surface area contributed by atoms with E-state index in [1.807, 2.05) is 50.2 Å². The Bertz CT molecular complexity index is 705. The van der Waals surface area contributed by atoms with Crippen molar-refractivity contribution in [3.63, 3.8) is 0 Å². The van der Waals surface area contributed by atoms with E-state index in [0.717, 1.165) is 33.0 Å². The number of aliphatic carboxylic acids is 1. The van der Waals surface area contributed by atoms with Crippen LogP contribution in [0.25, 0.3) is 6.08 Å². The highest BCUT2D eigenvalue weighted by molar-refractivity contribution is 9.10. The van der Waals surface area contributed by atoms with Crippen molar-refractivity contribution in [2.24, 2.45) is 0 Å². The summed E-state index contributed by atoms with van der Waals surface area (Å²) in [7, 11) is 0. The highest BCUT2D eigenvalue weighted by Crippen LogP contribution is 2.30. The summed E-state index contributed by atoms with van der Waals surface area (Å²) in [6, 6.07) is 11.4. The summed E-state index contributed by atoms with van der Waals surface area (Å²) in [4.78, 5) is 10.6. The third-order valence-electron chi connectivity index (χ3n) is 3.00. The Kier molecular flexibility index (Phi) is 4.81. The lowest BCUT2D eigenvalue weighted by molar-refractivity contribution is -0.131. The molecule has 0 fully saturated rings. The van der Waals surface area contributed by atoms with Gasteiger partial charge in [0.15, 0.2) is 0 Å². The molecule has 0 bridgehead atoms. The first kappa shape index (κ1) is 15.3. The lowest BCUT2D eigenvalue weighted by atomic mass is 10.1. The van der Waals surface area contributed by atoms with E-state index in [1.165, 1.54) is 0 Å². The van der Waals surface area contributed by atoms with E-state index in [2.05, 4.69) is 15.9 Å². The number of carboxylic acids is 1. The Labute approximate surface area is 132 Å². The third kappa shape index (κ3) is 4.20. The molecule has 21 heavy (non-hydrogen) atoms. The normalized spacial score (nSPS) is 10.8. The average Bonchev–Trinajstić information content (AvgIpc) is 2.43. The van der Waals surface area contributed by atoms with Gasteiger partial charge in [-0.25, -0.2) is 4.79 Å². The third-order valence-corrected chi connectivity index (χ3v) is 3.49. The van der Waals surface area contributed by atoms with Gasteiger partial charge in [0.25, 0.3) is 0 Å². The minimum atomic E-state index is -0.971. The SMILES string of the molecule is Cc1ccc(Br)cc1Oc1cc(/C=C/C(=O)O)ccc1C. The van der Waals surface area contributed by atoms with E-state index in [9.17, 15) is 4.79 Å². The molecular weight excluding hydrogens is 332 g/mol. The molecule has 2 rings (SSSR count). The van der Waals surface area contributed by atoms with Crippen LogP contribution in [-0.2, 0) is 4.79 Å². The fourth-order valence-corrected chi connectivity index (χ4v) is 2.14. The zero-order valence-electron chi connectivity index (χ0n) is 11.8. The maximum Gasteiger partial charge on any atom is 0.328 e. The zero-order chi connectivity index (χ0) is 15.4. The van der Waals surface area contributed by atoms with Gasteiger partial charge in [0.2, 0.25) is 0 Å². The van der Waals surface area contributed by atoms with Gasteiger partial charge in [0, 0.05) is 10.5 Å². The molecule has 2 aromatic carbocycles. The smallest absolute Gasteiger partial charge is 0.328 e. The first-order chi connectivity index (χ1) is 9.95. The molecule has 3 nitrogen and oxygen atoms in total. The van der Waals surface area contributed by atoms with E-state index in [4.69, 9.17) is 9.84 Å². The van der Waals surface area contributed by atoms with Crippen molar-refractivity contribution in [3.05, 3.63) is 63.6 Å². The Morgan fingerprint density at radius 3 is 2.38 bits per heavy atom. The van der Waals surface area contributed by atoms with Gasteiger partial charge in [-0.1, -0.05) is 34.1 Å². The molecule has 0 spiro atoms. The fourth-order valence-electron chi connectivity index (χ4n) is 1.80. The van der Waals surface area contributed by atoms with Gasteiger partial charge in [0.1, 0.15) is 11.5 Å². The highest BCUT2D eigenvalue weighted by atomic mass is 79.9. The molecule has 0 amide bonds. The zero-order valence-corrected chi connectivity index (χ0v) is 13.3. The number of halogens is 1. The van der Waals surface area contributed by atoms with Gasteiger partial charge in [-0.2, -0.15) is 0 Å². The molecule has 0 saturated heterocycles. The van der Waals surface area contributed by atoms with Crippen LogP contribution < -0.4 is 4.74 Å². The standard InChI is InChI=1S/C17H15BrO3/c1-11-3-5-13(6-8-17(19)20)9-15(11)21-16-10-14(18)7-4-12(16)2/h3-10H,1-2H3,(H,19,20)/b8-6+. The maximum atomic E-state index is 10.6. The molecule has 1 N–H and O–H groups in total. The van der Waals surface area contributed by atoms with E-state index in [1.54, 1.807) is 6.08 Å². The number of aryl methyl sites for hydroxylation is 2. The second-order valence-electron chi connectivity index (χ2n) is 4.71. The fraction of sp³-hybridized carbons (Fsp3) is 0.118. The quantitative estimate of drug-likeness (QED) is 0.796. The lowest BCUT2D eigenvalue weighted by Gasteiger charge is -2.12. The first-order valence-electron chi connectivity index (χ1n) is 6.41. The molecule has 0 aliphatic carbocycles. The van der Waals surface area contributed by atoms with Gasteiger partial charge < -0.3 is 9.84 Å². The van der Waals surface area contributed by atoms with Crippen molar-refractivity contribution < 1.29 is 14.6 Å². The summed E-state index contributed by atoms with van der Waals surface area (Å²) in [6.45, 7) is 3.93. The minimum Gasteiger partial charge on any atom is -0.478 e. The molecule has 0 aliphatic heterocycles. The molecule has 0 aromatic heterocycles. The number of carbonyl (C=O) groups is 1. The van der Waals surface area contributed by atoms with Gasteiger partial charge in [0.05, 0.1) is 0 Å². The molecule has 0 unspecified atom stereocenters. The number of hydrogen-bond donors (Lipinski definition) is 1. The Morgan fingerprint density at radius 1 is 1.10 bits per heavy atom. The Morgan fingerprint density at radius 2 is 1.71 bits per heavy atom. The van der Waals surface area contributed by atoms with E-state index >= 15 is 0 Å². The molecule has 0 saturated carbocycles. The van der Waals surface area contributed by atoms with Crippen molar-refractivity contribution in [1.29, 1.82) is 0 Å². The summed E-state index contributed by atoms with van der Waals surface area (Å²) >= 11 is 3.43. The van der Waals surface area contributed by atoms with Crippen LogP contribution in [0.2, 0.25) is 0 Å². The molecular formula is C17H15BrO3. The number of benzene rings is 2. The van der Waals surface area contributed by atoms with Gasteiger partial charge in [-0.3, -0.25) is 0 Å². The molecule has 2 aromatic rings. The summed E-state index contributed by atoms with van der Waals surface area (Å²) in [5.41, 5.74) is 2.80. The van der Waals surface area contributed by atoms with Crippen LogP contribution in [0.15, 0.2) is 46.9 Å². The molecule has 0 radical (unpaired) electrons. The summed E-state index contributed by atoms with van der Waals surface area (Å²) in [5, 5.41) is 8.68. The van der Waals surface area contributed by atoms with Crippen LogP contribution in [0, 0.1) is 13.8 Å². The largest absolute Gasteiger partial charge is 0.478 e. The predicted octanol–water partition coefficient (Wildman–Crippen LogP) is 4.96. The number of hydrogen-bond acceptors (Lipinski definition) is 2. The van der Waals surface area contributed by atoms with Crippen LogP contribution in [-0.4, -0.2) is 11.1 Å². The van der Waals surface area contributed by atoms with E-state index < -0.39 is 5.97 Å². The molecule has 0 atom stereocenters. The second-order valence-corrected chi connectivity index (χ2v) is 5.62. The molecule has 108 valence electrons. The monoisotopic (exact) mass is 346 g/mol. The Balaban J connectivity index is 2.33. The topological polar surface area (TPSA) is 46.5 Å². The summed E-state index contributed by atoms with van der Waals surface area (Å²) < 4.78 is 6.90.